The van der Waals surface area contributed by atoms with Crippen LogP contribution < -0.4 is 17.0 Å². The quantitative estimate of drug-likeness (QED) is 0.525. The van der Waals surface area contributed by atoms with Gasteiger partial charge in [-0.15, -0.1) is 5.10 Å². The van der Waals surface area contributed by atoms with Crippen LogP contribution in [0.1, 0.15) is 5.69 Å². The molecule has 0 saturated carbocycles. The third-order valence-electron chi connectivity index (χ3n) is 1.81. The third-order valence-corrected chi connectivity index (χ3v) is 1.81. The molecular formula is C9H10ClN3. The van der Waals surface area contributed by atoms with Crippen molar-refractivity contribution >= 4 is 0 Å². The van der Waals surface area contributed by atoms with Gasteiger partial charge in [-0.05, 0) is 19.1 Å². The predicted molar refractivity (Wildman–Crippen MR) is 44.9 cm³/mol. The second-order valence-electron chi connectivity index (χ2n) is 2.65. The number of aromatic amines is 1. The number of H-pyrrole nitrogens is 1. The molecule has 68 valence electrons. The third kappa shape index (κ3) is 1.87. The van der Waals surface area contributed by atoms with Crippen molar-refractivity contribution < 1.29 is 17.0 Å². The highest BCUT2D eigenvalue weighted by atomic mass is 35.5. The van der Waals surface area contributed by atoms with Gasteiger partial charge in [-0.2, -0.15) is 0 Å². The van der Waals surface area contributed by atoms with Crippen molar-refractivity contribution in [1.29, 1.82) is 0 Å². The zero-order valence-corrected chi connectivity index (χ0v) is 7.99. The maximum Gasteiger partial charge on any atom is 0.306 e. The lowest BCUT2D eigenvalue weighted by Gasteiger charge is -1.96. The lowest BCUT2D eigenvalue weighted by Crippen LogP contribution is -3.00. The van der Waals surface area contributed by atoms with Crippen LogP contribution in [0, 0.1) is 6.92 Å². The first kappa shape index (κ1) is 9.74. The zero-order valence-electron chi connectivity index (χ0n) is 7.24. The highest BCUT2D eigenvalue weighted by Crippen LogP contribution is 1.94. The fourth-order valence-corrected chi connectivity index (χ4v) is 1.18. The summed E-state index contributed by atoms with van der Waals surface area (Å²) >= 11 is 0. The molecule has 1 N–H and O–H groups in total. The summed E-state index contributed by atoms with van der Waals surface area (Å²) in [4.78, 5) is 0. The van der Waals surface area contributed by atoms with Gasteiger partial charge in [-0.25, -0.2) is 4.57 Å². The molecule has 3 nitrogen and oxygen atoms in total. The van der Waals surface area contributed by atoms with Crippen molar-refractivity contribution in [2.45, 2.75) is 6.92 Å². The molecule has 0 unspecified atom stereocenters. The van der Waals surface area contributed by atoms with Crippen molar-refractivity contribution in [3.63, 3.8) is 0 Å². The number of halogens is 1. The van der Waals surface area contributed by atoms with E-state index in [4.69, 9.17) is 0 Å². The Hall–Kier alpha value is -1.35. The van der Waals surface area contributed by atoms with E-state index in [1.165, 1.54) is 5.69 Å². The average molecular weight is 196 g/mol. The van der Waals surface area contributed by atoms with Gasteiger partial charge in [0.25, 0.3) is 0 Å². The summed E-state index contributed by atoms with van der Waals surface area (Å²) in [5, 5.41) is 6.80. The van der Waals surface area contributed by atoms with Gasteiger partial charge < -0.3 is 12.4 Å². The highest BCUT2D eigenvalue weighted by Gasteiger charge is 2.05. The summed E-state index contributed by atoms with van der Waals surface area (Å²) < 4.78 is 2.05. The predicted octanol–water partition coefficient (Wildman–Crippen LogP) is -2.00. The van der Waals surface area contributed by atoms with Crippen LogP contribution in [-0.4, -0.2) is 10.2 Å². The van der Waals surface area contributed by atoms with Gasteiger partial charge in [0.15, 0.2) is 0 Å². The fourth-order valence-electron chi connectivity index (χ4n) is 1.18. The average Bonchev–Trinajstić information content (AvgIpc) is 2.57. The number of aromatic nitrogens is 3. The first-order valence-corrected chi connectivity index (χ1v) is 3.85. The molecule has 0 aromatic carbocycles. The monoisotopic (exact) mass is 195 g/mol. The molecule has 0 spiro atoms. The van der Waals surface area contributed by atoms with E-state index in [2.05, 4.69) is 23.2 Å². The van der Waals surface area contributed by atoms with Crippen LogP contribution in [0.2, 0.25) is 0 Å². The van der Waals surface area contributed by atoms with E-state index < -0.39 is 0 Å². The minimum Gasteiger partial charge on any atom is -1.00 e. The number of nitrogens with zero attached hydrogens (tertiary/aromatic N) is 2. The molecule has 2 heterocycles. The molecule has 2 rings (SSSR count). The Morgan fingerprint density at radius 2 is 2.15 bits per heavy atom. The highest BCUT2D eigenvalue weighted by molar-refractivity contribution is 5.07. The smallest absolute Gasteiger partial charge is 0.306 e. The first-order chi connectivity index (χ1) is 5.88. The number of hydrogen-bond acceptors (Lipinski definition) is 1. The summed E-state index contributed by atoms with van der Waals surface area (Å²) in [6.07, 6.45) is 3.75. The van der Waals surface area contributed by atoms with E-state index >= 15 is 0 Å². The van der Waals surface area contributed by atoms with Crippen LogP contribution in [0.25, 0.3) is 5.82 Å². The topological polar surface area (TPSA) is 32.6 Å². The van der Waals surface area contributed by atoms with E-state index in [0.717, 1.165) is 5.82 Å². The second-order valence-corrected chi connectivity index (χ2v) is 2.65. The zero-order chi connectivity index (χ0) is 8.39. The molecule has 0 amide bonds. The fraction of sp³-hybridized carbons (Fsp3) is 0.111. The van der Waals surface area contributed by atoms with E-state index in [0.29, 0.717) is 0 Å². The molecule has 13 heavy (non-hydrogen) atoms. The maximum absolute atomic E-state index is 3.89. The maximum atomic E-state index is 3.89. The Bertz CT molecular complexity index is 370. The van der Waals surface area contributed by atoms with Crippen LogP contribution in [0.5, 0.6) is 0 Å². The molecule has 2 aromatic rings. The number of nitrogens with one attached hydrogen (secondary N) is 1. The van der Waals surface area contributed by atoms with E-state index in [9.17, 15) is 0 Å². The van der Waals surface area contributed by atoms with Gasteiger partial charge in [0.1, 0.15) is 5.69 Å². The van der Waals surface area contributed by atoms with Gasteiger partial charge in [0.2, 0.25) is 0 Å². The van der Waals surface area contributed by atoms with Crippen molar-refractivity contribution in [2.24, 2.45) is 0 Å². The lowest BCUT2D eigenvalue weighted by molar-refractivity contribution is -0.606. The van der Waals surface area contributed by atoms with Gasteiger partial charge in [-0.3, -0.25) is 0 Å². The minimum absolute atomic E-state index is 0. The van der Waals surface area contributed by atoms with Crippen LogP contribution in [0.15, 0.2) is 36.7 Å². The van der Waals surface area contributed by atoms with Gasteiger partial charge in [-0.1, -0.05) is 11.2 Å². The van der Waals surface area contributed by atoms with Gasteiger partial charge >= 0.3 is 5.82 Å². The Balaban J connectivity index is 0.000000845. The molecule has 0 bridgehead atoms. The molecule has 0 aliphatic heterocycles. The van der Waals surface area contributed by atoms with Crippen LogP contribution in [0.3, 0.4) is 0 Å². The Morgan fingerprint density at radius 3 is 2.77 bits per heavy atom. The molecule has 0 saturated heterocycles. The van der Waals surface area contributed by atoms with E-state index in [-0.39, 0.29) is 12.4 Å². The Labute approximate surface area is 82.8 Å². The molecule has 0 fully saturated rings. The normalized spacial score (nSPS) is 9.31. The summed E-state index contributed by atoms with van der Waals surface area (Å²) in [5.41, 5.74) is 1.18. The molecule has 0 atom stereocenters. The largest absolute Gasteiger partial charge is 1.00 e. The number of hydrogen-bond donors (Lipinski definition) is 1. The second kappa shape index (κ2) is 4.05. The summed E-state index contributed by atoms with van der Waals surface area (Å²) in [6, 6.07) is 8.00. The summed E-state index contributed by atoms with van der Waals surface area (Å²) in [5.74, 6) is 0.994. The Morgan fingerprint density at radius 1 is 1.31 bits per heavy atom. The molecule has 0 radical (unpaired) electrons. The van der Waals surface area contributed by atoms with Crippen LogP contribution in [-0.2, 0) is 0 Å². The van der Waals surface area contributed by atoms with Gasteiger partial charge in [0, 0.05) is 0 Å². The first-order valence-electron chi connectivity index (χ1n) is 3.85. The van der Waals surface area contributed by atoms with Crippen molar-refractivity contribution in [1.82, 2.24) is 10.2 Å². The van der Waals surface area contributed by atoms with Crippen molar-refractivity contribution in [3.8, 4) is 5.82 Å². The molecular weight excluding hydrogens is 186 g/mol. The van der Waals surface area contributed by atoms with Crippen molar-refractivity contribution in [3.05, 3.63) is 42.4 Å². The van der Waals surface area contributed by atoms with Crippen LogP contribution >= 0.6 is 0 Å². The Kier molecular flexibility index (Phi) is 3.03. The van der Waals surface area contributed by atoms with E-state index in [1.807, 2.05) is 29.0 Å². The number of rotatable bonds is 1. The molecule has 0 aliphatic carbocycles. The SMILES string of the molecule is Cc1cccc[n+]1-c1ccn[nH]1.[Cl-]. The standard InChI is InChI=1S/C9H10N3.ClH/c1-8-4-2-3-7-12(8)9-5-6-10-11-9;/h2-7H,1H3,(H,10,11);1H/q+1;/p-1. The molecule has 4 heteroatoms. The molecule has 0 aliphatic rings. The number of pyridine rings is 1. The molecule has 2 aromatic heterocycles. The summed E-state index contributed by atoms with van der Waals surface area (Å²) in [7, 11) is 0. The van der Waals surface area contributed by atoms with Crippen LogP contribution in [0.4, 0.5) is 0 Å². The van der Waals surface area contributed by atoms with E-state index in [1.54, 1.807) is 6.20 Å². The minimum atomic E-state index is 0. The summed E-state index contributed by atoms with van der Waals surface area (Å²) in [6.45, 7) is 2.06. The lowest BCUT2D eigenvalue weighted by atomic mass is 10.3. The number of aryl methyl sites for hydroxylation is 1. The van der Waals surface area contributed by atoms with Crippen molar-refractivity contribution in [2.75, 3.05) is 0 Å². The van der Waals surface area contributed by atoms with Gasteiger partial charge in [0.05, 0.1) is 18.5 Å².